The molecule has 22 heavy (non-hydrogen) atoms. The molecule has 3 aromatic heterocycles. The lowest BCUT2D eigenvalue weighted by Crippen LogP contribution is -2.24. The van der Waals surface area contributed by atoms with Gasteiger partial charge in [-0.3, -0.25) is 0 Å². The van der Waals surface area contributed by atoms with Crippen molar-refractivity contribution in [2.75, 3.05) is 12.0 Å². The molecule has 7 heteroatoms. The minimum absolute atomic E-state index is 0.430. The molecule has 114 valence electrons. The predicted molar refractivity (Wildman–Crippen MR) is 89.1 cm³/mol. The van der Waals surface area contributed by atoms with Crippen molar-refractivity contribution in [3.05, 3.63) is 34.6 Å². The van der Waals surface area contributed by atoms with Gasteiger partial charge >= 0.3 is 0 Å². The van der Waals surface area contributed by atoms with Gasteiger partial charge in [0.05, 0.1) is 23.1 Å². The molecule has 0 aliphatic rings. The molecule has 3 N–H and O–H groups in total. The first kappa shape index (κ1) is 15.0. The second-order valence-electron chi connectivity index (χ2n) is 4.79. The van der Waals surface area contributed by atoms with Crippen molar-refractivity contribution in [3.63, 3.8) is 0 Å². The summed E-state index contributed by atoms with van der Waals surface area (Å²) in [6.07, 6.45) is 7.66. The van der Waals surface area contributed by atoms with E-state index in [1.807, 2.05) is 12.1 Å². The van der Waals surface area contributed by atoms with E-state index in [-0.39, 0.29) is 0 Å². The van der Waals surface area contributed by atoms with Gasteiger partial charge in [0.2, 0.25) is 0 Å². The summed E-state index contributed by atoms with van der Waals surface area (Å²) < 4.78 is 23.4. The molecule has 0 aromatic carbocycles. The number of fused-ring (bicyclic) bond motifs is 1. The number of furan rings is 1. The first-order chi connectivity index (χ1) is 10.7. The molecule has 4 nitrogen and oxygen atoms in total. The van der Waals surface area contributed by atoms with Gasteiger partial charge in [0.1, 0.15) is 23.0 Å². The Labute approximate surface area is 135 Å². The number of rotatable bonds is 6. The van der Waals surface area contributed by atoms with E-state index in [4.69, 9.17) is 16.6 Å². The van der Waals surface area contributed by atoms with Crippen molar-refractivity contribution in [2.45, 2.75) is 19.0 Å². The number of alkyl halides is 1. The molecular formula is C15H14FN3OS2. The second-order valence-corrected chi connectivity index (χ2v) is 6.66. The lowest BCUT2D eigenvalue weighted by molar-refractivity contribution is 0.428. The van der Waals surface area contributed by atoms with Gasteiger partial charge in [0.25, 0.3) is 0 Å². The molecule has 0 amide bonds. The van der Waals surface area contributed by atoms with E-state index >= 15 is 0 Å². The van der Waals surface area contributed by atoms with Crippen LogP contribution in [-0.2, 0) is 13.0 Å². The normalized spacial score (nSPS) is 12.4. The van der Waals surface area contributed by atoms with E-state index in [9.17, 15) is 4.39 Å². The smallest absolute Gasteiger partial charge is 0.127 e. The zero-order valence-corrected chi connectivity index (χ0v) is 13.3. The van der Waals surface area contributed by atoms with Crippen molar-refractivity contribution in [1.82, 2.24) is 4.37 Å². The molecule has 1 atom stereocenters. The SMILES string of the molecule is C#Cc1c(C[C@@H](N)CF)sc2c(NCc3ccco3)snc12. The van der Waals surface area contributed by atoms with Crippen LogP contribution < -0.4 is 11.1 Å². The summed E-state index contributed by atoms with van der Waals surface area (Å²) >= 11 is 2.89. The highest BCUT2D eigenvalue weighted by atomic mass is 32.1. The summed E-state index contributed by atoms with van der Waals surface area (Å²) in [7, 11) is 0. The zero-order chi connectivity index (χ0) is 15.5. The molecule has 0 aliphatic carbocycles. The largest absolute Gasteiger partial charge is 0.467 e. The van der Waals surface area contributed by atoms with E-state index in [1.54, 1.807) is 6.26 Å². The predicted octanol–water partition coefficient (Wildman–Crippen LogP) is 3.38. The summed E-state index contributed by atoms with van der Waals surface area (Å²) in [6.45, 7) is 0.0126. The Kier molecular flexibility index (Phi) is 4.43. The fourth-order valence-electron chi connectivity index (χ4n) is 2.12. The van der Waals surface area contributed by atoms with Gasteiger partial charge in [-0.05, 0) is 23.7 Å². The Morgan fingerprint density at radius 1 is 1.55 bits per heavy atom. The van der Waals surface area contributed by atoms with E-state index in [2.05, 4.69) is 15.6 Å². The molecule has 3 heterocycles. The first-order valence-electron chi connectivity index (χ1n) is 6.68. The highest BCUT2D eigenvalue weighted by molar-refractivity contribution is 7.24. The number of thiophene rings is 1. The molecule has 0 aliphatic heterocycles. The average Bonchev–Trinajstić information content (AvgIpc) is 3.21. The Morgan fingerprint density at radius 2 is 2.41 bits per heavy atom. The van der Waals surface area contributed by atoms with Gasteiger partial charge < -0.3 is 15.5 Å². The van der Waals surface area contributed by atoms with Gasteiger partial charge in [0.15, 0.2) is 0 Å². The highest BCUT2D eigenvalue weighted by Crippen LogP contribution is 2.39. The van der Waals surface area contributed by atoms with Crippen LogP contribution in [0.1, 0.15) is 16.2 Å². The molecule has 0 spiro atoms. The maximum Gasteiger partial charge on any atom is 0.127 e. The molecule has 0 radical (unpaired) electrons. The van der Waals surface area contributed by atoms with Crippen LogP contribution in [0.25, 0.3) is 10.2 Å². The van der Waals surface area contributed by atoms with Gasteiger partial charge in [-0.1, -0.05) is 5.92 Å². The van der Waals surface area contributed by atoms with Crippen LogP contribution in [-0.4, -0.2) is 17.1 Å². The number of terminal acetylenes is 1. The van der Waals surface area contributed by atoms with E-state index in [0.29, 0.717) is 13.0 Å². The van der Waals surface area contributed by atoms with Crippen LogP contribution in [0.3, 0.4) is 0 Å². The zero-order valence-electron chi connectivity index (χ0n) is 11.6. The summed E-state index contributed by atoms with van der Waals surface area (Å²) in [5.74, 6) is 3.50. The number of hydrogen-bond acceptors (Lipinski definition) is 6. The van der Waals surface area contributed by atoms with E-state index in [1.165, 1.54) is 22.9 Å². The molecule has 3 rings (SSSR count). The number of nitrogens with two attached hydrogens (primary N) is 1. The van der Waals surface area contributed by atoms with Crippen molar-refractivity contribution >= 4 is 38.1 Å². The quantitative estimate of drug-likeness (QED) is 0.678. The highest BCUT2D eigenvalue weighted by Gasteiger charge is 2.19. The number of halogens is 1. The van der Waals surface area contributed by atoms with Gasteiger partial charge in [-0.2, -0.15) is 4.37 Å². The summed E-state index contributed by atoms with van der Waals surface area (Å²) in [5.41, 5.74) is 7.22. The Morgan fingerprint density at radius 3 is 3.09 bits per heavy atom. The van der Waals surface area contributed by atoms with Gasteiger partial charge in [-0.15, -0.1) is 17.8 Å². The second kappa shape index (κ2) is 6.48. The molecule has 0 saturated carbocycles. The summed E-state index contributed by atoms with van der Waals surface area (Å²) in [6, 6.07) is 3.22. The van der Waals surface area contributed by atoms with Crippen molar-refractivity contribution < 1.29 is 8.81 Å². The first-order valence-corrected chi connectivity index (χ1v) is 8.27. The fraction of sp³-hybridized carbons (Fsp3) is 0.267. The third-order valence-corrected chi connectivity index (χ3v) is 5.34. The van der Waals surface area contributed by atoms with Crippen molar-refractivity contribution in [1.29, 1.82) is 0 Å². The minimum atomic E-state index is -0.564. The third kappa shape index (κ3) is 2.86. The summed E-state index contributed by atoms with van der Waals surface area (Å²) in [5, 5.41) is 4.24. The minimum Gasteiger partial charge on any atom is -0.467 e. The maximum atomic E-state index is 12.6. The molecule has 0 saturated heterocycles. The van der Waals surface area contributed by atoms with Crippen LogP contribution >= 0.6 is 22.9 Å². The van der Waals surface area contributed by atoms with E-state index < -0.39 is 12.7 Å². The lowest BCUT2D eigenvalue weighted by atomic mass is 10.1. The lowest BCUT2D eigenvalue weighted by Gasteiger charge is -2.04. The Bertz CT molecular complexity index is 801. The molecule has 0 fully saturated rings. The van der Waals surface area contributed by atoms with Crippen LogP contribution in [0.4, 0.5) is 9.39 Å². The number of nitrogens with one attached hydrogen (secondary N) is 1. The average molecular weight is 335 g/mol. The number of hydrogen-bond donors (Lipinski definition) is 2. The maximum absolute atomic E-state index is 12.6. The van der Waals surface area contributed by atoms with Gasteiger partial charge in [0, 0.05) is 17.3 Å². The van der Waals surface area contributed by atoms with Crippen LogP contribution in [0.2, 0.25) is 0 Å². The topological polar surface area (TPSA) is 64.1 Å². The van der Waals surface area contributed by atoms with Crippen LogP contribution in [0.15, 0.2) is 22.8 Å². The monoisotopic (exact) mass is 335 g/mol. The molecule has 0 unspecified atom stereocenters. The number of aromatic nitrogens is 1. The van der Waals surface area contributed by atoms with Crippen LogP contribution in [0.5, 0.6) is 0 Å². The Hall–Kier alpha value is -1.88. The molecule has 0 bridgehead atoms. The standard InChI is InChI=1S/C15H14FN3OS2/c1-2-11-12(6-9(17)7-16)21-14-13(11)19-22-15(14)18-8-10-4-3-5-20-10/h1,3-5,9,18H,6-8,17H2/t9-/m1/s1. The number of anilines is 1. The molecule has 3 aromatic rings. The Balaban J connectivity index is 1.88. The van der Waals surface area contributed by atoms with Crippen molar-refractivity contribution in [2.24, 2.45) is 5.73 Å². The van der Waals surface area contributed by atoms with Crippen molar-refractivity contribution in [3.8, 4) is 12.3 Å². The van der Waals surface area contributed by atoms with Crippen LogP contribution in [0, 0.1) is 12.3 Å². The molecular weight excluding hydrogens is 321 g/mol. The van der Waals surface area contributed by atoms with E-state index in [0.717, 1.165) is 31.4 Å². The van der Waals surface area contributed by atoms with Gasteiger partial charge in [-0.25, -0.2) is 4.39 Å². The fourth-order valence-corrected chi connectivity index (χ4v) is 4.31. The summed E-state index contributed by atoms with van der Waals surface area (Å²) in [4.78, 5) is 0.916. The number of nitrogens with zero attached hydrogens (tertiary/aromatic N) is 1. The third-order valence-electron chi connectivity index (χ3n) is 3.18.